The first-order chi connectivity index (χ1) is 7.56. The van der Waals surface area contributed by atoms with Crippen molar-refractivity contribution >= 4 is 38.9 Å². The molecule has 1 unspecified atom stereocenters. The first-order valence-electron chi connectivity index (χ1n) is 4.47. The molecule has 5 nitrogen and oxygen atoms in total. The van der Waals surface area contributed by atoms with Crippen LogP contribution in [0.5, 0.6) is 0 Å². The van der Waals surface area contributed by atoms with Crippen LogP contribution in [-0.2, 0) is 0 Å². The predicted molar refractivity (Wildman–Crippen MR) is 66.0 cm³/mol. The van der Waals surface area contributed by atoms with Gasteiger partial charge in [-0.2, -0.15) is 0 Å². The molecule has 0 aliphatic heterocycles. The molecule has 0 saturated heterocycles. The van der Waals surface area contributed by atoms with E-state index in [0.29, 0.717) is 10.2 Å². The van der Waals surface area contributed by atoms with Crippen molar-refractivity contribution in [3.05, 3.63) is 32.8 Å². The molecule has 0 saturated carbocycles. The third-order valence-electron chi connectivity index (χ3n) is 1.88. The zero-order valence-electron chi connectivity index (χ0n) is 8.19. The van der Waals surface area contributed by atoms with Gasteiger partial charge >= 0.3 is 5.69 Å². The Balaban J connectivity index is 2.87. The number of anilines is 1. The van der Waals surface area contributed by atoms with Gasteiger partial charge in [0.1, 0.15) is 5.69 Å². The number of alkyl halides is 1. The maximum absolute atomic E-state index is 10.8. The van der Waals surface area contributed by atoms with Crippen molar-refractivity contribution in [3.63, 3.8) is 0 Å². The second-order valence-electron chi connectivity index (χ2n) is 3.08. The summed E-state index contributed by atoms with van der Waals surface area (Å²) in [5, 5.41) is 22.8. The number of nitrogens with zero attached hydrogens (tertiary/aromatic N) is 1. The smallest absolute Gasteiger partial charge is 0.306 e. The minimum absolute atomic E-state index is 0.0516. The van der Waals surface area contributed by atoms with Crippen LogP contribution in [0, 0.1) is 10.1 Å². The molecule has 1 aromatic carbocycles. The van der Waals surface area contributed by atoms with Gasteiger partial charge in [-0.25, -0.2) is 0 Å². The Bertz CT molecular complexity index is 389. The van der Waals surface area contributed by atoms with Crippen LogP contribution in [0.2, 0.25) is 0 Å². The van der Waals surface area contributed by atoms with Gasteiger partial charge in [-0.1, -0.05) is 6.07 Å². The quantitative estimate of drug-likeness (QED) is 0.497. The SMILES string of the molecule is O=[N+]([O-])c1c(Br)cccc1NCC(O)CCl. The van der Waals surface area contributed by atoms with Crippen LogP contribution in [-0.4, -0.2) is 28.6 Å². The molecule has 7 heteroatoms. The van der Waals surface area contributed by atoms with Gasteiger partial charge < -0.3 is 10.4 Å². The average Bonchev–Trinajstić information content (AvgIpc) is 2.25. The summed E-state index contributed by atoms with van der Waals surface area (Å²) in [4.78, 5) is 10.3. The lowest BCUT2D eigenvalue weighted by Gasteiger charge is -2.10. The third kappa shape index (κ3) is 3.33. The third-order valence-corrected chi connectivity index (χ3v) is 2.87. The molecule has 0 aliphatic carbocycles. The zero-order valence-corrected chi connectivity index (χ0v) is 10.5. The largest absolute Gasteiger partial charge is 0.390 e. The highest BCUT2D eigenvalue weighted by Crippen LogP contribution is 2.32. The van der Waals surface area contributed by atoms with Crippen LogP contribution in [0.25, 0.3) is 0 Å². The molecular weight excluding hydrogens is 299 g/mol. The number of halogens is 2. The van der Waals surface area contributed by atoms with Gasteiger partial charge in [0.05, 0.1) is 21.4 Å². The van der Waals surface area contributed by atoms with E-state index in [0.717, 1.165) is 0 Å². The van der Waals surface area contributed by atoms with Gasteiger partial charge in [0.15, 0.2) is 0 Å². The predicted octanol–water partition coefficient (Wildman–Crippen LogP) is 2.37. The molecule has 0 bridgehead atoms. The molecule has 0 spiro atoms. The molecule has 16 heavy (non-hydrogen) atoms. The van der Waals surface area contributed by atoms with Crippen molar-refractivity contribution in [2.75, 3.05) is 17.7 Å². The molecule has 0 radical (unpaired) electrons. The number of hydrogen-bond donors (Lipinski definition) is 2. The molecule has 0 heterocycles. The van der Waals surface area contributed by atoms with Gasteiger partial charge in [0.2, 0.25) is 0 Å². The molecule has 1 atom stereocenters. The average molecular weight is 310 g/mol. The van der Waals surface area contributed by atoms with Crippen molar-refractivity contribution in [2.45, 2.75) is 6.10 Å². The van der Waals surface area contributed by atoms with Gasteiger partial charge in [-0.05, 0) is 28.1 Å². The molecule has 0 amide bonds. The van der Waals surface area contributed by atoms with E-state index < -0.39 is 11.0 Å². The summed E-state index contributed by atoms with van der Waals surface area (Å²) < 4.78 is 0.392. The molecule has 0 aliphatic rings. The summed E-state index contributed by atoms with van der Waals surface area (Å²) in [5.41, 5.74) is 0.299. The van der Waals surface area contributed by atoms with E-state index in [1.165, 1.54) is 0 Å². The fourth-order valence-corrected chi connectivity index (χ4v) is 1.75. The number of aliphatic hydroxyl groups excluding tert-OH is 1. The van der Waals surface area contributed by atoms with Crippen molar-refractivity contribution < 1.29 is 10.0 Å². The van der Waals surface area contributed by atoms with E-state index in [-0.39, 0.29) is 18.1 Å². The van der Waals surface area contributed by atoms with Crippen molar-refractivity contribution in [1.29, 1.82) is 0 Å². The second kappa shape index (κ2) is 6.03. The summed E-state index contributed by atoms with van der Waals surface area (Å²) >= 11 is 8.52. The number of hydrogen-bond acceptors (Lipinski definition) is 4. The Labute approximate surface area is 106 Å². The monoisotopic (exact) mass is 308 g/mol. The summed E-state index contributed by atoms with van der Waals surface area (Å²) in [5.74, 6) is 0.0782. The van der Waals surface area contributed by atoms with Gasteiger partial charge in [-0.15, -0.1) is 11.6 Å². The number of aliphatic hydroxyl groups is 1. The maximum atomic E-state index is 10.8. The van der Waals surface area contributed by atoms with E-state index in [1.807, 2.05) is 0 Å². The Morgan fingerprint density at radius 3 is 2.88 bits per heavy atom. The van der Waals surface area contributed by atoms with E-state index >= 15 is 0 Å². The van der Waals surface area contributed by atoms with Gasteiger partial charge in [-0.3, -0.25) is 10.1 Å². The lowest BCUT2D eigenvalue weighted by Crippen LogP contribution is -2.21. The number of rotatable bonds is 5. The van der Waals surface area contributed by atoms with Crippen molar-refractivity contribution in [2.24, 2.45) is 0 Å². The highest BCUT2D eigenvalue weighted by atomic mass is 79.9. The zero-order chi connectivity index (χ0) is 12.1. The summed E-state index contributed by atoms with van der Waals surface area (Å²) in [6.07, 6.45) is -0.736. The highest BCUT2D eigenvalue weighted by Gasteiger charge is 2.18. The fourth-order valence-electron chi connectivity index (χ4n) is 1.13. The van der Waals surface area contributed by atoms with Crippen LogP contribution in [0.15, 0.2) is 22.7 Å². The van der Waals surface area contributed by atoms with Crippen LogP contribution in [0.1, 0.15) is 0 Å². The Kier molecular flexibility index (Phi) is 4.98. The Morgan fingerprint density at radius 1 is 1.62 bits per heavy atom. The number of nitro groups is 1. The van der Waals surface area contributed by atoms with Crippen LogP contribution in [0.4, 0.5) is 11.4 Å². The number of benzene rings is 1. The van der Waals surface area contributed by atoms with E-state index in [9.17, 15) is 15.2 Å². The minimum atomic E-state index is -0.736. The van der Waals surface area contributed by atoms with Crippen LogP contribution in [0.3, 0.4) is 0 Å². The van der Waals surface area contributed by atoms with E-state index in [4.69, 9.17) is 11.6 Å². The molecule has 1 rings (SSSR count). The number of para-hydroxylation sites is 1. The van der Waals surface area contributed by atoms with Crippen molar-refractivity contribution in [3.8, 4) is 0 Å². The maximum Gasteiger partial charge on any atom is 0.306 e. The Morgan fingerprint density at radius 2 is 2.31 bits per heavy atom. The molecule has 88 valence electrons. The van der Waals surface area contributed by atoms with Crippen LogP contribution >= 0.6 is 27.5 Å². The molecule has 0 aromatic heterocycles. The minimum Gasteiger partial charge on any atom is -0.390 e. The van der Waals surface area contributed by atoms with E-state index in [1.54, 1.807) is 18.2 Å². The number of nitro benzene ring substituents is 1. The molecular formula is C9H10BrClN2O3. The molecule has 2 N–H and O–H groups in total. The summed E-state index contributed by atoms with van der Waals surface area (Å²) in [6, 6.07) is 4.83. The number of nitrogens with one attached hydrogen (secondary N) is 1. The topological polar surface area (TPSA) is 75.4 Å². The van der Waals surface area contributed by atoms with Gasteiger partial charge in [0, 0.05) is 6.54 Å². The molecule has 0 fully saturated rings. The first-order valence-corrected chi connectivity index (χ1v) is 5.79. The lowest BCUT2D eigenvalue weighted by molar-refractivity contribution is -0.384. The molecule has 1 aromatic rings. The highest BCUT2D eigenvalue weighted by molar-refractivity contribution is 9.10. The van der Waals surface area contributed by atoms with Gasteiger partial charge in [0.25, 0.3) is 0 Å². The van der Waals surface area contributed by atoms with Crippen LogP contribution < -0.4 is 5.32 Å². The normalized spacial score (nSPS) is 12.2. The van der Waals surface area contributed by atoms with E-state index in [2.05, 4.69) is 21.2 Å². The Hall–Kier alpha value is -0.850. The standard InChI is InChI=1S/C9H10BrClN2O3/c10-7-2-1-3-8(9(7)13(15)16)12-5-6(14)4-11/h1-3,6,12,14H,4-5H2. The lowest BCUT2D eigenvalue weighted by atomic mass is 10.2. The fraction of sp³-hybridized carbons (Fsp3) is 0.333. The van der Waals surface area contributed by atoms with Crippen molar-refractivity contribution in [1.82, 2.24) is 0 Å². The summed E-state index contributed by atoms with van der Waals surface area (Å²) in [7, 11) is 0. The first kappa shape index (κ1) is 13.2. The summed E-state index contributed by atoms with van der Waals surface area (Å²) in [6.45, 7) is 0.167. The second-order valence-corrected chi connectivity index (χ2v) is 4.25.